The minimum Gasteiger partial charge on any atom is -0.462 e. The van der Waals surface area contributed by atoms with Gasteiger partial charge < -0.3 is 15.4 Å². The molecule has 2 N–H and O–H groups in total. The van der Waals surface area contributed by atoms with E-state index in [9.17, 15) is 19.7 Å². The van der Waals surface area contributed by atoms with E-state index < -0.39 is 23.0 Å². The number of carbonyl (C=O) groups excluding carboxylic acids is 2. The monoisotopic (exact) mass is 361 g/mol. The van der Waals surface area contributed by atoms with Crippen LogP contribution in [0.2, 0.25) is 0 Å². The minimum absolute atomic E-state index is 0.111. The van der Waals surface area contributed by atoms with Gasteiger partial charge in [0.25, 0.3) is 5.69 Å². The Hall–Kier alpha value is -2.90. The van der Waals surface area contributed by atoms with Crippen LogP contribution >= 0.6 is 0 Å². The number of esters is 1. The van der Waals surface area contributed by atoms with Crippen molar-refractivity contribution >= 4 is 17.7 Å². The Labute approximate surface area is 151 Å². The van der Waals surface area contributed by atoms with Crippen LogP contribution in [0.1, 0.15) is 51.1 Å². The summed E-state index contributed by atoms with van der Waals surface area (Å²) in [6.45, 7) is 4.00. The van der Waals surface area contributed by atoms with Gasteiger partial charge in [-0.25, -0.2) is 9.59 Å². The number of nitro benzene ring substituents is 1. The second kappa shape index (κ2) is 8.98. The van der Waals surface area contributed by atoms with Gasteiger partial charge in [-0.2, -0.15) is 0 Å². The summed E-state index contributed by atoms with van der Waals surface area (Å²) in [4.78, 5) is 34.9. The highest BCUT2D eigenvalue weighted by molar-refractivity contribution is 5.95. The third kappa shape index (κ3) is 4.81. The summed E-state index contributed by atoms with van der Waals surface area (Å²) in [5.41, 5.74) is 0.968. The molecular formula is C18H23N3O5. The summed E-state index contributed by atoms with van der Waals surface area (Å²) < 4.78 is 5.34. The molecule has 0 bridgehead atoms. The number of rotatable bonds is 8. The van der Waals surface area contributed by atoms with Crippen molar-refractivity contribution in [3.8, 4) is 0 Å². The molecule has 2 rings (SSSR count). The number of nitro groups is 1. The normalized spacial score (nSPS) is 16.7. The van der Waals surface area contributed by atoms with Crippen molar-refractivity contribution in [3.05, 3.63) is 51.2 Å². The van der Waals surface area contributed by atoms with Gasteiger partial charge >= 0.3 is 12.0 Å². The van der Waals surface area contributed by atoms with Crippen molar-refractivity contribution in [1.29, 1.82) is 0 Å². The van der Waals surface area contributed by atoms with Crippen LogP contribution in [0.15, 0.2) is 35.5 Å². The number of benzene rings is 1. The van der Waals surface area contributed by atoms with Crippen LogP contribution in [0, 0.1) is 10.1 Å². The molecule has 0 unspecified atom stereocenters. The second-order valence-corrected chi connectivity index (χ2v) is 6.12. The van der Waals surface area contributed by atoms with E-state index in [1.165, 1.54) is 18.2 Å². The molecule has 0 saturated carbocycles. The Morgan fingerprint density at radius 2 is 2.08 bits per heavy atom. The Kier molecular flexibility index (Phi) is 6.71. The molecule has 26 heavy (non-hydrogen) atoms. The number of urea groups is 1. The first-order valence-electron chi connectivity index (χ1n) is 8.63. The molecule has 8 heteroatoms. The van der Waals surface area contributed by atoms with Crippen molar-refractivity contribution in [2.45, 2.75) is 45.6 Å². The molecule has 0 fully saturated rings. The van der Waals surface area contributed by atoms with Gasteiger partial charge in [-0.15, -0.1) is 0 Å². The molecule has 8 nitrogen and oxygen atoms in total. The van der Waals surface area contributed by atoms with E-state index in [1.54, 1.807) is 13.0 Å². The number of non-ortho nitro benzene ring substituents is 1. The molecule has 0 radical (unpaired) electrons. The minimum atomic E-state index is -0.799. The fourth-order valence-corrected chi connectivity index (χ4v) is 2.80. The summed E-state index contributed by atoms with van der Waals surface area (Å²) in [5, 5.41) is 16.2. The fraction of sp³-hybridized carbons (Fsp3) is 0.444. The van der Waals surface area contributed by atoms with Crippen LogP contribution in [-0.2, 0) is 9.53 Å². The molecule has 2 amide bonds. The van der Waals surface area contributed by atoms with Gasteiger partial charge in [0.1, 0.15) is 0 Å². The Morgan fingerprint density at radius 3 is 2.77 bits per heavy atom. The molecule has 0 aromatic heterocycles. The van der Waals surface area contributed by atoms with Gasteiger partial charge in [0.2, 0.25) is 0 Å². The lowest BCUT2D eigenvalue weighted by Gasteiger charge is -2.28. The maximum atomic E-state index is 12.5. The van der Waals surface area contributed by atoms with Crippen LogP contribution in [0.3, 0.4) is 0 Å². The highest BCUT2D eigenvalue weighted by Gasteiger charge is 2.32. The maximum Gasteiger partial charge on any atom is 0.338 e. The SMILES string of the molecule is CCCCCCOC(=O)C1=C(C)NC(=O)N[C@@H]1c1cccc([N+](=O)[O-])c1. The first-order chi connectivity index (χ1) is 12.4. The lowest BCUT2D eigenvalue weighted by Crippen LogP contribution is -2.45. The third-order valence-electron chi connectivity index (χ3n) is 4.13. The Bertz CT molecular complexity index is 729. The van der Waals surface area contributed by atoms with Crippen molar-refractivity contribution in [1.82, 2.24) is 10.6 Å². The number of ether oxygens (including phenoxy) is 1. The van der Waals surface area contributed by atoms with Gasteiger partial charge in [0, 0.05) is 17.8 Å². The number of hydrogen-bond donors (Lipinski definition) is 2. The van der Waals surface area contributed by atoms with Crippen molar-refractivity contribution in [2.75, 3.05) is 6.61 Å². The van der Waals surface area contributed by atoms with Gasteiger partial charge in [0.15, 0.2) is 0 Å². The molecule has 1 aromatic carbocycles. The first-order valence-corrected chi connectivity index (χ1v) is 8.63. The topological polar surface area (TPSA) is 111 Å². The van der Waals surface area contributed by atoms with Gasteiger partial charge in [-0.1, -0.05) is 38.3 Å². The standard InChI is InChI=1S/C18H23N3O5/c1-3-4-5-6-10-26-17(22)15-12(2)19-18(23)20-16(15)13-8-7-9-14(11-13)21(24)25/h7-9,11,16H,3-6,10H2,1-2H3,(H2,19,20,23)/t16-/m1/s1. The number of nitrogens with one attached hydrogen (secondary N) is 2. The molecule has 1 atom stereocenters. The quantitative estimate of drug-likeness (QED) is 0.319. The van der Waals surface area contributed by atoms with Crippen LogP contribution in [-0.4, -0.2) is 23.5 Å². The zero-order valence-electron chi connectivity index (χ0n) is 14.9. The van der Waals surface area contributed by atoms with E-state index in [-0.39, 0.29) is 11.3 Å². The molecular weight excluding hydrogens is 338 g/mol. The maximum absolute atomic E-state index is 12.5. The Balaban J connectivity index is 2.21. The molecule has 0 saturated heterocycles. The van der Waals surface area contributed by atoms with Crippen molar-refractivity contribution in [2.24, 2.45) is 0 Å². The van der Waals surface area contributed by atoms with E-state index in [1.807, 2.05) is 0 Å². The number of hydrogen-bond acceptors (Lipinski definition) is 5. The molecule has 0 spiro atoms. The van der Waals surface area contributed by atoms with Crippen LogP contribution in [0.25, 0.3) is 0 Å². The molecule has 1 heterocycles. The second-order valence-electron chi connectivity index (χ2n) is 6.12. The molecule has 140 valence electrons. The number of allylic oxidation sites excluding steroid dienone is 1. The Morgan fingerprint density at radius 1 is 1.31 bits per heavy atom. The van der Waals surface area contributed by atoms with E-state index in [0.29, 0.717) is 17.9 Å². The van der Waals surface area contributed by atoms with Gasteiger partial charge in [-0.05, 0) is 18.9 Å². The van der Waals surface area contributed by atoms with Crippen LogP contribution in [0.5, 0.6) is 0 Å². The van der Waals surface area contributed by atoms with Gasteiger partial charge in [0.05, 0.1) is 23.1 Å². The molecule has 1 aliphatic heterocycles. The third-order valence-corrected chi connectivity index (χ3v) is 4.13. The molecule has 1 aromatic rings. The van der Waals surface area contributed by atoms with E-state index in [2.05, 4.69) is 17.6 Å². The van der Waals surface area contributed by atoms with E-state index in [0.717, 1.165) is 25.7 Å². The summed E-state index contributed by atoms with van der Waals surface area (Å²) in [7, 11) is 0. The number of carbonyl (C=O) groups is 2. The van der Waals surface area contributed by atoms with Crippen molar-refractivity contribution < 1.29 is 19.2 Å². The van der Waals surface area contributed by atoms with Crippen LogP contribution in [0.4, 0.5) is 10.5 Å². The lowest BCUT2D eigenvalue weighted by molar-refractivity contribution is -0.384. The highest BCUT2D eigenvalue weighted by atomic mass is 16.6. The largest absolute Gasteiger partial charge is 0.462 e. The smallest absolute Gasteiger partial charge is 0.338 e. The highest BCUT2D eigenvalue weighted by Crippen LogP contribution is 2.29. The first kappa shape index (κ1) is 19.4. The zero-order chi connectivity index (χ0) is 19.1. The van der Waals surface area contributed by atoms with Crippen molar-refractivity contribution in [3.63, 3.8) is 0 Å². The molecule has 1 aliphatic rings. The number of nitrogens with zero attached hydrogens (tertiary/aromatic N) is 1. The zero-order valence-corrected chi connectivity index (χ0v) is 14.9. The van der Waals surface area contributed by atoms with E-state index in [4.69, 9.17) is 4.74 Å². The lowest BCUT2D eigenvalue weighted by atomic mass is 9.95. The van der Waals surface area contributed by atoms with E-state index >= 15 is 0 Å². The summed E-state index contributed by atoms with van der Waals surface area (Å²) >= 11 is 0. The summed E-state index contributed by atoms with van der Waals surface area (Å²) in [5.74, 6) is -0.539. The summed E-state index contributed by atoms with van der Waals surface area (Å²) in [6, 6.07) is 4.58. The van der Waals surface area contributed by atoms with Gasteiger partial charge in [-0.3, -0.25) is 10.1 Å². The van der Waals surface area contributed by atoms with Crippen LogP contribution < -0.4 is 10.6 Å². The average molecular weight is 361 g/mol. The average Bonchev–Trinajstić information content (AvgIpc) is 2.60. The fourth-order valence-electron chi connectivity index (χ4n) is 2.80. The molecule has 0 aliphatic carbocycles. The predicted molar refractivity (Wildman–Crippen MR) is 95.3 cm³/mol. The number of unbranched alkanes of at least 4 members (excludes halogenated alkanes) is 3. The number of amides is 2. The predicted octanol–water partition coefficient (Wildman–Crippen LogP) is 3.35. The summed E-state index contributed by atoms with van der Waals surface area (Å²) in [6.07, 6.45) is 3.91.